The van der Waals surface area contributed by atoms with Gasteiger partial charge in [-0.1, -0.05) is 17.7 Å². The topological polar surface area (TPSA) is 109 Å². The summed E-state index contributed by atoms with van der Waals surface area (Å²) < 4.78 is 12.9. The monoisotopic (exact) mass is 527 g/mol. The van der Waals surface area contributed by atoms with Crippen molar-refractivity contribution in [1.82, 2.24) is 38.5 Å². The van der Waals surface area contributed by atoms with Crippen molar-refractivity contribution in [2.45, 2.75) is 18.8 Å². The molecular formula is C26H22ClN9O2. The number of nitrogens with zero attached hydrogens (tertiary/aromatic N) is 8. The van der Waals surface area contributed by atoms with Crippen LogP contribution in [0.4, 0.5) is 11.6 Å². The van der Waals surface area contributed by atoms with E-state index in [1.165, 1.54) is 6.20 Å². The molecule has 11 nitrogen and oxygen atoms in total. The smallest absolute Gasteiger partial charge is 0.278 e. The fourth-order valence-electron chi connectivity index (χ4n) is 4.58. The van der Waals surface area contributed by atoms with Crippen LogP contribution in [0.2, 0.25) is 5.02 Å². The minimum absolute atomic E-state index is 0.203. The molecule has 0 radical (unpaired) electrons. The van der Waals surface area contributed by atoms with Gasteiger partial charge in [-0.2, -0.15) is 15.2 Å². The molecule has 6 aromatic rings. The summed E-state index contributed by atoms with van der Waals surface area (Å²) in [6, 6.07) is 7.61. The van der Waals surface area contributed by atoms with Crippen LogP contribution < -0.4 is 15.6 Å². The summed E-state index contributed by atoms with van der Waals surface area (Å²) in [7, 11) is 3.64. The lowest BCUT2D eigenvalue weighted by molar-refractivity contribution is 0.486. The zero-order chi connectivity index (χ0) is 26.0. The maximum atomic E-state index is 13.5. The molecular weight excluding hydrogens is 506 g/mol. The first-order valence-corrected chi connectivity index (χ1v) is 12.5. The van der Waals surface area contributed by atoms with Crippen molar-refractivity contribution in [2.24, 2.45) is 14.1 Å². The third-order valence-corrected chi connectivity index (χ3v) is 7.08. The van der Waals surface area contributed by atoms with Gasteiger partial charge in [-0.15, -0.1) is 0 Å². The zero-order valence-corrected chi connectivity index (χ0v) is 21.3. The Kier molecular flexibility index (Phi) is 5.02. The van der Waals surface area contributed by atoms with E-state index >= 15 is 0 Å². The third-order valence-electron chi connectivity index (χ3n) is 6.72. The second-order valence-electron chi connectivity index (χ2n) is 9.38. The van der Waals surface area contributed by atoms with E-state index in [0.717, 1.165) is 23.9 Å². The molecule has 0 bridgehead atoms. The van der Waals surface area contributed by atoms with Gasteiger partial charge < -0.3 is 14.6 Å². The molecule has 6 heterocycles. The highest BCUT2D eigenvalue weighted by Gasteiger charge is 2.26. The normalized spacial score (nSPS) is 13.4. The standard InChI is InChI=1S/C26H22ClN9O2/c1-33-14-17(10-29-33)35-13-16(15-6-7-15)9-18(25(35)37)31-26-32-24-23(34(26)2)22(27)21(11-28-24)38-20-12-30-36-8-4-3-5-19(20)36/h3-5,8-15H,6-7H2,1-2H3,(H,28,31,32). The molecule has 38 heavy (non-hydrogen) atoms. The van der Waals surface area contributed by atoms with E-state index in [0.29, 0.717) is 50.9 Å². The number of imidazole rings is 1. The van der Waals surface area contributed by atoms with Crippen molar-refractivity contribution in [3.8, 4) is 17.2 Å². The van der Waals surface area contributed by atoms with Gasteiger partial charge in [0, 0.05) is 32.7 Å². The molecule has 0 saturated heterocycles. The maximum absolute atomic E-state index is 13.5. The number of rotatable bonds is 6. The average Bonchev–Trinajstić information content (AvgIpc) is 3.43. The molecule has 1 saturated carbocycles. The summed E-state index contributed by atoms with van der Waals surface area (Å²) in [5.74, 6) is 1.81. The van der Waals surface area contributed by atoms with Crippen molar-refractivity contribution in [2.75, 3.05) is 5.32 Å². The summed E-state index contributed by atoms with van der Waals surface area (Å²) in [6.07, 6.45) is 12.6. The Morgan fingerprint density at radius 2 is 1.95 bits per heavy atom. The number of pyridine rings is 3. The van der Waals surface area contributed by atoms with E-state index < -0.39 is 0 Å². The minimum atomic E-state index is -0.203. The molecule has 0 aromatic carbocycles. The number of ether oxygens (including phenoxy) is 1. The van der Waals surface area contributed by atoms with Crippen LogP contribution in [0.1, 0.15) is 24.3 Å². The van der Waals surface area contributed by atoms with Gasteiger partial charge in [0.2, 0.25) is 5.95 Å². The van der Waals surface area contributed by atoms with E-state index in [2.05, 4.69) is 25.5 Å². The first-order chi connectivity index (χ1) is 18.5. The van der Waals surface area contributed by atoms with E-state index in [9.17, 15) is 4.79 Å². The molecule has 6 aromatic heterocycles. The number of hydrogen-bond acceptors (Lipinski definition) is 7. The number of halogens is 1. The molecule has 1 aliphatic rings. The molecule has 7 rings (SSSR count). The molecule has 1 N–H and O–H groups in total. The predicted octanol–water partition coefficient (Wildman–Crippen LogP) is 4.57. The highest BCUT2D eigenvalue weighted by atomic mass is 35.5. The molecule has 190 valence electrons. The number of hydrogen-bond donors (Lipinski definition) is 1. The Balaban J connectivity index is 1.27. The van der Waals surface area contributed by atoms with Crippen LogP contribution in [0.25, 0.3) is 22.4 Å². The van der Waals surface area contributed by atoms with E-state index in [4.69, 9.17) is 16.3 Å². The SMILES string of the molecule is Cn1cc(-n2cc(C3CC3)cc(Nc3nc4ncc(Oc5cnn6ccccc56)c(Cl)c4n3C)c2=O)cn1. The van der Waals surface area contributed by atoms with Gasteiger partial charge in [-0.25, -0.2) is 9.50 Å². The number of aromatic nitrogens is 8. The fourth-order valence-corrected chi connectivity index (χ4v) is 4.88. The first-order valence-electron chi connectivity index (χ1n) is 12.1. The number of fused-ring (bicyclic) bond motifs is 2. The summed E-state index contributed by atoms with van der Waals surface area (Å²) in [6.45, 7) is 0. The molecule has 1 aliphatic carbocycles. The lowest BCUT2D eigenvalue weighted by atomic mass is 10.1. The Labute approximate surface area is 220 Å². The highest BCUT2D eigenvalue weighted by Crippen LogP contribution is 2.41. The van der Waals surface area contributed by atoms with Gasteiger partial charge in [0.1, 0.15) is 21.7 Å². The molecule has 0 unspecified atom stereocenters. The average molecular weight is 528 g/mol. The van der Waals surface area contributed by atoms with Gasteiger partial charge in [-0.3, -0.25) is 14.0 Å². The van der Waals surface area contributed by atoms with Gasteiger partial charge in [0.15, 0.2) is 17.1 Å². The van der Waals surface area contributed by atoms with Gasteiger partial charge in [-0.05, 0) is 42.5 Å². The van der Waals surface area contributed by atoms with Crippen LogP contribution in [-0.4, -0.2) is 38.5 Å². The van der Waals surface area contributed by atoms with Gasteiger partial charge in [0.05, 0.1) is 24.3 Å². The van der Waals surface area contributed by atoms with E-state index in [-0.39, 0.29) is 5.56 Å². The predicted molar refractivity (Wildman–Crippen MR) is 143 cm³/mol. The molecule has 0 spiro atoms. The van der Waals surface area contributed by atoms with Crippen LogP contribution in [0, 0.1) is 0 Å². The van der Waals surface area contributed by atoms with Crippen molar-refractivity contribution in [1.29, 1.82) is 0 Å². The van der Waals surface area contributed by atoms with Crippen LogP contribution >= 0.6 is 11.6 Å². The molecule has 12 heteroatoms. The van der Waals surface area contributed by atoms with Gasteiger partial charge >= 0.3 is 0 Å². The fraction of sp³-hybridized carbons (Fsp3) is 0.192. The Hall–Kier alpha value is -4.64. The Morgan fingerprint density at radius 3 is 2.74 bits per heavy atom. The summed E-state index contributed by atoms with van der Waals surface area (Å²) >= 11 is 6.79. The Morgan fingerprint density at radius 1 is 1.08 bits per heavy atom. The second kappa shape index (κ2) is 8.45. The summed E-state index contributed by atoms with van der Waals surface area (Å²) in [5, 5.41) is 12.1. The number of aryl methyl sites for hydroxylation is 2. The number of nitrogens with one attached hydrogen (secondary N) is 1. The third kappa shape index (κ3) is 3.70. The minimum Gasteiger partial charge on any atom is -0.450 e. The van der Waals surface area contributed by atoms with Crippen molar-refractivity contribution in [3.63, 3.8) is 0 Å². The van der Waals surface area contributed by atoms with Crippen LogP contribution in [0.15, 0.2) is 66.2 Å². The molecule has 0 aliphatic heterocycles. The highest BCUT2D eigenvalue weighted by molar-refractivity contribution is 6.36. The number of anilines is 2. The van der Waals surface area contributed by atoms with Crippen LogP contribution in [-0.2, 0) is 14.1 Å². The first kappa shape index (κ1) is 22.5. The second-order valence-corrected chi connectivity index (χ2v) is 9.76. The van der Waals surface area contributed by atoms with E-state index in [1.807, 2.05) is 57.0 Å². The van der Waals surface area contributed by atoms with Crippen molar-refractivity contribution < 1.29 is 4.74 Å². The molecule has 1 fully saturated rings. The lowest BCUT2D eigenvalue weighted by Crippen LogP contribution is -2.22. The van der Waals surface area contributed by atoms with Crippen LogP contribution in [0.3, 0.4) is 0 Å². The Bertz CT molecular complexity index is 1910. The molecule has 0 atom stereocenters. The summed E-state index contributed by atoms with van der Waals surface area (Å²) in [5.41, 5.74) is 3.81. The van der Waals surface area contributed by atoms with Crippen molar-refractivity contribution in [3.05, 3.63) is 82.4 Å². The quantitative estimate of drug-likeness (QED) is 0.338. The van der Waals surface area contributed by atoms with Gasteiger partial charge in [0.25, 0.3) is 5.56 Å². The maximum Gasteiger partial charge on any atom is 0.278 e. The van der Waals surface area contributed by atoms with Crippen LogP contribution in [0.5, 0.6) is 11.5 Å². The van der Waals surface area contributed by atoms with E-state index in [1.54, 1.807) is 30.7 Å². The largest absolute Gasteiger partial charge is 0.450 e. The molecule has 0 amide bonds. The zero-order valence-electron chi connectivity index (χ0n) is 20.5. The summed E-state index contributed by atoms with van der Waals surface area (Å²) in [4.78, 5) is 22.6. The van der Waals surface area contributed by atoms with Crippen molar-refractivity contribution >= 4 is 39.9 Å². The lowest BCUT2D eigenvalue weighted by Gasteiger charge is -2.12.